The lowest BCUT2D eigenvalue weighted by molar-refractivity contribution is -0.128. The Bertz CT molecular complexity index is 1800. The second-order valence-corrected chi connectivity index (χ2v) is 14.8. The van der Waals surface area contributed by atoms with Crippen molar-refractivity contribution in [1.29, 1.82) is 0 Å². The van der Waals surface area contributed by atoms with Crippen LogP contribution >= 0.6 is 0 Å². The maximum atomic E-state index is 14.1. The molecule has 0 aliphatic carbocycles. The van der Waals surface area contributed by atoms with Gasteiger partial charge >= 0.3 is 6.09 Å². The van der Waals surface area contributed by atoms with Gasteiger partial charge in [-0.25, -0.2) is 9.78 Å². The van der Waals surface area contributed by atoms with E-state index in [0.717, 1.165) is 54.9 Å². The maximum Gasteiger partial charge on any atom is 0.410 e. The predicted molar refractivity (Wildman–Crippen MR) is 205 cm³/mol. The number of rotatable bonds is 11. The van der Waals surface area contributed by atoms with E-state index in [1.165, 1.54) is 5.56 Å². The molecule has 0 radical (unpaired) electrons. The number of carbonyl (C=O) groups excluding carboxylic acids is 2. The predicted octanol–water partition coefficient (Wildman–Crippen LogP) is 8.10. The maximum absolute atomic E-state index is 14.1. The molecule has 2 amide bonds. The summed E-state index contributed by atoms with van der Waals surface area (Å²) in [4.78, 5) is 38.0. The van der Waals surface area contributed by atoms with Crippen LogP contribution in [0.15, 0.2) is 128 Å². The van der Waals surface area contributed by atoms with E-state index in [1.807, 2.05) is 49.9 Å². The summed E-state index contributed by atoms with van der Waals surface area (Å²) in [5, 5.41) is 0. The Labute approximate surface area is 308 Å². The van der Waals surface area contributed by atoms with Crippen molar-refractivity contribution in [1.82, 2.24) is 24.3 Å². The third-order valence-corrected chi connectivity index (χ3v) is 9.89. The normalized spacial score (nSPS) is 14.2. The van der Waals surface area contributed by atoms with Crippen LogP contribution in [0.4, 0.5) is 4.79 Å². The van der Waals surface area contributed by atoms with Crippen LogP contribution in [0.25, 0.3) is 0 Å². The largest absolute Gasteiger partial charge is 0.444 e. The molecule has 1 fully saturated rings. The summed E-state index contributed by atoms with van der Waals surface area (Å²) in [6.07, 6.45) is 3.40. The number of hydrogen-bond donors (Lipinski definition) is 0. The third-order valence-electron chi connectivity index (χ3n) is 9.89. The van der Waals surface area contributed by atoms with Crippen molar-refractivity contribution < 1.29 is 14.3 Å². The Morgan fingerprint density at radius 1 is 0.750 bits per heavy atom. The molecule has 1 aliphatic heterocycles. The molecule has 6 rings (SSSR count). The van der Waals surface area contributed by atoms with Crippen molar-refractivity contribution in [3.8, 4) is 0 Å². The molecular formula is C44H51N5O3. The second kappa shape index (κ2) is 16.0. The zero-order valence-electron chi connectivity index (χ0n) is 31.1. The topological polar surface area (TPSA) is 70.9 Å². The number of hydrogen-bond acceptors (Lipinski definition) is 5. The molecule has 8 nitrogen and oxygen atoms in total. The number of piperidine rings is 1. The van der Waals surface area contributed by atoms with E-state index in [4.69, 9.17) is 9.72 Å². The average molecular weight is 698 g/mol. The first-order valence-electron chi connectivity index (χ1n) is 18.3. The van der Waals surface area contributed by atoms with Crippen LogP contribution < -0.4 is 0 Å². The smallest absolute Gasteiger partial charge is 0.410 e. The summed E-state index contributed by atoms with van der Waals surface area (Å²) in [7, 11) is 1.80. The Kier molecular flexibility index (Phi) is 11.2. The van der Waals surface area contributed by atoms with E-state index in [1.54, 1.807) is 18.9 Å². The van der Waals surface area contributed by atoms with Gasteiger partial charge < -0.3 is 14.2 Å². The SMILES string of the molecule is CC(=O)N(C)Cc1nc(CN(C(=O)OC(C)(C)C)C2CCN(Cc3ccccc3)CC2)cn1C(c1ccccc1)(c1ccccc1)c1ccccc1. The molecule has 0 bridgehead atoms. The number of likely N-dealkylation sites (tertiary alicyclic amines) is 1. The lowest BCUT2D eigenvalue weighted by atomic mass is 9.76. The van der Waals surface area contributed by atoms with Crippen molar-refractivity contribution in [2.75, 3.05) is 20.1 Å². The molecule has 1 aromatic heterocycles. The molecule has 8 heteroatoms. The molecule has 1 saturated heterocycles. The van der Waals surface area contributed by atoms with E-state index in [0.29, 0.717) is 5.82 Å². The van der Waals surface area contributed by atoms with Crippen molar-refractivity contribution in [2.45, 2.75) is 77.4 Å². The van der Waals surface area contributed by atoms with Gasteiger partial charge in [-0.3, -0.25) is 14.6 Å². The van der Waals surface area contributed by atoms with Gasteiger partial charge in [-0.1, -0.05) is 121 Å². The summed E-state index contributed by atoms with van der Waals surface area (Å²) < 4.78 is 8.26. The van der Waals surface area contributed by atoms with Gasteiger partial charge in [0, 0.05) is 45.8 Å². The monoisotopic (exact) mass is 697 g/mol. The molecule has 0 atom stereocenters. The minimum absolute atomic E-state index is 0.0162. The Morgan fingerprint density at radius 3 is 1.69 bits per heavy atom. The first-order chi connectivity index (χ1) is 25.0. The summed E-state index contributed by atoms with van der Waals surface area (Å²) >= 11 is 0. The fourth-order valence-electron chi connectivity index (χ4n) is 7.30. The highest BCUT2D eigenvalue weighted by atomic mass is 16.6. The number of amides is 2. The van der Waals surface area contributed by atoms with E-state index in [9.17, 15) is 9.59 Å². The van der Waals surface area contributed by atoms with Crippen molar-refractivity contribution in [2.24, 2.45) is 0 Å². The van der Waals surface area contributed by atoms with Gasteiger partial charge in [-0.2, -0.15) is 0 Å². The molecule has 2 heterocycles. The molecule has 0 N–H and O–H groups in total. The standard InChI is InChI=1S/C44H51N5O3/c1-34(50)46(5)33-41-45-39(31-48(42(51)52-43(2,3)4)40-26-28-47(29-27-40)30-35-18-10-6-11-19-35)32-49(41)44(36-20-12-7-13-21-36,37-22-14-8-15-23-37)38-24-16-9-17-25-38/h6-25,32,40H,26-31,33H2,1-5H3. The fourth-order valence-corrected chi connectivity index (χ4v) is 7.30. The van der Waals surface area contributed by atoms with Gasteiger partial charge in [0.1, 0.15) is 17.0 Å². The molecule has 5 aromatic rings. The molecule has 52 heavy (non-hydrogen) atoms. The molecule has 270 valence electrons. The molecule has 0 spiro atoms. The zero-order chi connectivity index (χ0) is 36.7. The molecule has 4 aromatic carbocycles. The summed E-state index contributed by atoms with van der Waals surface area (Å²) in [6, 6.07) is 41.8. The number of carbonyl (C=O) groups is 2. The fraction of sp³-hybridized carbons (Fsp3) is 0.341. The number of ether oxygens (including phenoxy) is 1. The highest BCUT2D eigenvalue weighted by molar-refractivity contribution is 5.72. The van der Waals surface area contributed by atoms with E-state index >= 15 is 0 Å². The number of aromatic nitrogens is 2. The molecule has 0 saturated carbocycles. The van der Waals surface area contributed by atoms with Crippen LogP contribution in [0.3, 0.4) is 0 Å². The Balaban J connectivity index is 1.44. The second-order valence-electron chi connectivity index (χ2n) is 14.8. The van der Waals surface area contributed by atoms with Crippen LogP contribution in [0.5, 0.6) is 0 Å². The number of benzene rings is 4. The van der Waals surface area contributed by atoms with Gasteiger partial charge in [0.15, 0.2) is 0 Å². The lowest BCUT2D eigenvalue weighted by Gasteiger charge is -2.39. The lowest BCUT2D eigenvalue weighted by Crippen LogP contribution is -2.48. The van der Waals surface area contributed by atoms with Gasteiger partial charge in [0.2, 0.25) is 5.91 Å². The van der Waals surface area contributed by atoms with Crippen LogP contribution in [0.1, 0.15) is 74.3 Å². The van der Waals surface area contributed by atoms with E-state index in [-0.39, 0.29) is 31.1 Å². The third kappa shape index (κ3) is 8.29. The first-order valence-corrected chi connectivity index (χ1v) is 18.3. The minimum Gasteiger partial charge on any atom is -0.444 e. The first kappa shape index (κ1) is 36.6. The average Bonchev–Trinajstić information content (AvgIpc) is 3.54. The van der Waals surface area contributed by atoms with E-state index < -0.39 is 11.1 Å². The van der Waals surface area contributed by atoms with Gasteiger partial charge in [-0.05, 0) is 55.9 Å². The summed E-state index contributed by atoms with van der Waals surface area (Å²) in [5.74, 6) is 0.657. The van der Waals surface area contributed by atoms with Crippen LogP contribution in [0, 0.1) is 0 Å². The van der Waals surface area contributed by atoms with E-state index in [2.05, 4.69) is 113 Å². The highest BCUT2D eigenvalue weighted by Crippen LogP contribution is 2.42. The van der Waals surface area contributed by atoms with Crippen molar-refractivity contribution in [3.05, 3.63) is 161 Å². The Hall–Kier alpha value is -5.21. The molecular weight excluding hydrogens is 647 g/mol. The number of nitrogens with zero attached hydrogens (tertiary/aromatic N) is 5. The van der Waals surface area contributed by atoms with Gasteiger partial charge in [0.05, 0.1) is 18.8 Å². The number of imidazole rings is 1. The minimum atomic E-state index is -0.832. The summed E-state index contributed by atoms with van der Waals surface area (Å²) in [5.41, 5.74) is 3.70. The summed E-state index contributed by atoms with van der Waals surface area (Å²) in [6.45, 7) is 10.5. The quantitative estimate of drug-likeness (QED) is 0.131. The van der Waals surface area contributed by atoms with Gasteiger partial charge in [0.25, 0.3) is 0 Å². The molecule has 1 aliphatic rings. The highest BCUT2D eigenvalue weighted by Gasteiger charge is 2.41. The van der Waals surface area contributed by atoms with Crippen molar-refractivity contribution in [3.63, 3.8) is 0 Å². The van der Waals surface area contributed by atoms with Crippen LogP contribution in [-0.2, 0) is 34.7 Å². The van der Waals surface area contributed by atoms with Crippen molar-refractivity contribution >= 4 is 12.0 Å². The van der Waals surface area contributed by atoms with Crippen LogP contribution in [-0.4, -0.2) is 68.0 Å². The zero-order valence-corrected chi connectivity index (χ0v) is 31.1. The molecule has 0 unspecified atom stereocenters. The van der Waals surface area contributed by atoms with Gasteiger partial charge in [-0.15, -0.1) is 0 Å². The van der Waals surface area contributed by atoms with Crippen LogP contribution in [0.2, 0.25) is 0 Å². The Morgan fingerprint density at radius 2 is 1.23 bits per heavy atom.